The van der Waals surface area contributed by atoms with Crippen LogP contribution in [0.3, 0.4) is 0 Å². The zero-order chi connectivity index (χ0) is 11.6. The molecule has 2 N–H and O–H groups in total. The van der Waals surface area contributed by atoms with Crippen molar-refractivity contribution >= 4 is 19.6 Å². The highest BCUT2D eigenvalue weighted by atomic mass is 32.2. The van der Waals surface area contributed by atoms with E-state index >= 15 is 0 Å². The van der Waals surface area contributed by atoms with Crippen LogP contribution in [-0.4, -0.2) is 16.0 Å². The monoisotopic (exact) mass is 248 g/mol. The van der Waals surface area contributed by atoms with Gasteiger partial charge >= 0.3 is 7.82 Å². The summed E-state index contributed by atoms with van der Waals surface area (Å²) in [6, 6.07) is 3.37. The van der Waals surface area contributed by atoms with Gasteiger partial charge in [-0.1, -0.05) is 0 Å². The molecule has 0 fully saturated rings. The molecule has 0 atom stereocenters. The van der Waals surface area contributed by atoms with Crippen LogP contribution in [0.25, 0.3) is 0 Å². The highest BCUT2D eigenvalue weighted by Crippen LogP contribution is 2.40. The van der Waals surface area contributed by atoms with E-state index in [0.29, 0.717) is 0 Å². The van der Waals surface area contributed by atoms with Crippen molar-refractivity contribution in [2.75, 3.05) is 6.26 Å². The minimum absolute atomic E-state index is 0.235. The molecule has 0 saturated heterocycles. The van der Waals surface area contributed by atoms with Gasteiger partial charge in [0.1, 0.15) is 5.75 Å². The lowest BCUT2D eigenvalue weighted by molar-refractivity contribution is 0.282. The molecule has 0 aliphatic heterocycles. The molecule has 0 spiro atoms. The molecule has 0 aromatic heterocycles. The molecule has 0 unspecified atom stereocenters. The Bertz CT molecular complexity index is 413. The Hall–Kier alpha value is -0.480. The predicted molar refractivity (Wildman–Crippen MR) is 60.4 cm³/mol. The molecule has 0 radical (unpaired) electrons. The van der Waals surface area contributed by atoms with Crippen molar-refractivity contribution in [2.24, 2.45) is 0 Å². The molecule has 0 aliphatic carbocycles. The number of phosphoric acid groups is 1. The van der Waals surface area contributed by atoms with Crippen LogP contribution >= 0.6 is 19.6 Å². The van der Waals surface area contributed by atoms with Crippen LogP contribution in [-0.2, 0) is 4.57 Å². The van der Waals surface area contributed by atoms with Crippen molar-refractivity contribution in [3.63, 3.8) is 0 Å². The molecule has 6 heteroatoms. The van der Waals surface area contributed by atoms with Crippen LogP contribution in [0.2, 0.25) is 0 Å². The zero-order valence-electron chi connectivity index (χ0n) is 8.72. The second kappa shape index (κ2) is 4.58. The SMILES string of the molecule is CSc1ccc(OP(=O)(O)O)c(C)c1C. The number of thioether (sulfide) groups is 1. The Kier molecular flexibility index (Phi) is 3.84. The summed E-state index contributed by atoms with van der Waals surface area (Å²) in [6.45, 7) is 3.67. The number of hydrogen-bond donors (Lipinski definition) is 2. The maximum atomic E-state index is 10.7. The van der Waals surface area contributed by atoms with E-state index in [9.17, 15) is 4.57 Å². The summed E-state index contributed by atoms with van der Waals surface area (Å²) in [6.07, 6.45) is 1.95. The Morgan fingerprint density at radius 3 is 2.33 bits per heavy atom. The molecule has 0 heterocycles. The standard InChI is InChI=1S/C9H13O4PS/c1-6-7(2)9(15-3)5-4-8(6)13-14(10,11)12/h4-5H,1-3H3,(H2,10,11,12). The molecule has 4 nitrogen and oxygen atoms in total. The lowest BCUT2D eigenvalue weighted by Crippen LogP contribution is -1.95. The van der Waals surface area contributed by atoms with E-state index in [1.807, 2.05) is 13.2 Å². The first kappa shape index (κ1) is 12.6. The summed E-state index contributed by atoms with van der Waals surface area (Å²) >= 11 is 1.59. The van der Waals surface area contributed by atoms with E-state index in [-0.39, 0.29) is 5.75 Å². The van der Waals surface area contributed by atoms with Gasteiger partial charge in [0.05, 0.1) is 0 Å². The van der Waals surface area contributed by atoms with Crippen molar-refractivity contribution in [3.8, 4) is 5.75 Å². The van der Waals surface area contributed by atoms with Gasteiger partial charge < -0.3 is 4.52 Å². The summed E-state index contributed by atoms with van der Waals surface area (Å²) in [5, 5.41) is 0. The smallest absolute Gasteiger partial charge is 0.404 e. The topological polar surface area (TPSA) is 66.8 Å². The lowest BCUT2D eigenvalue weighted by atomic mass is 10.1. The van der Waals surface area contributed by atoms with Gasteiger partial charge in [0.2, 0.25) is 0 Å². The van der Waals surface area contributed by atoms with Gasteiger partial charge in [0.25, 0.3) is 0 Å². The average molecular weight is 248 g/mol. The quantitative estimate of drug-likeness (QED) is 0.635. The maximum Gasteiger partial charge on any atom is 0.524 e. The fourth-order valence-corrected chi connectivity index (χ4v) is 2.34. The van der Waals surface area contributed by atoms with Gasteiger partial charge in [-0.15, -0.1) is 11.8 Å². The molecule has 0 amide bonds. The van der Waals surface area contributed by atoms with E-state index in [4.69, 9.17) is 9.79 Å². The third-order valence-electron chi connectivity index (χ3n) is 2.12. The van der Waals surface area contributed by atoms with E-state index < -0.39 is 7.82 Å². The summed E-state index contributed by atoms with van der Waals surface area (Å²) < 4.78 is 15.3. The molecule has 84 valence electrons. The first-order valence-electron chi connectivity index (χ1n) is 4.24. The van der Waals surface area contributed by atoms with Crippen LogP contribution in [0.5, 0.6) is 5.75 Å². The summed E-state index contributed by atoms with van der Waals surface area (Å²) in [5.41, 5.74) is 1.73. The summed E-state index contributed by atoms with van der Waals surface area (Å²) in [7, 11) is -4.46. The van der Waals surface area contributed by atoms with Crippen LogP contribution in [0.4, 0.5) is 0 Å². The van der Waals surface area contributed by atoms with Gasteiger partial charge in [-0.2, -0.15) is 0 Å². The maximum absolute atomic E-state index is 10.7. The number of rotatable bonds is 3. The third kappa shape index (κ3) is 3.24. The Morgan fingerprint density at radius 2 is 1.87 bits per heavy atom. The largest absolute Gasteiger partial charge is 0.524 e. The second-order valence-electron chi connectivity index (χ2n) is 3.10. The van der Waals surface area contributed by atoms with Crippen LogP contribution in [0.1, 0.15) is 11.1 Å². The van der Waals surface area contributed by atoms with Gasteiger partial charge in [0.15, 0.2) is 0 Å². The first-order chi connectivity index (χ1) is 6.85. The van der Waals surface area contributed by atoms with Crippen molar-refractivity contribution < 1.29 is 18.9 Å². The van der Waals surface area contributed by atoms with E-state index in [1.54, 1.807) is 30.8 Å². The molecule has 0 aliphatic rings. The second-order valence-corrected chi connectivity index (χ2v) is 5.11. The molecular formula is C9H13O4PS. The van der Waals surface area contributed by atoms with Crippen molar-refractivity contribution in [1.82, 2.24) is 0 Å². The number of hydrogen-bond acceptors (Lipinski definition) is 3. The summed E-state index contributed by atoms with van der Waals surface area (Å²) in [5.74, 6) is 0.235. The van der Waals surface area contributed by atoms with E-state index in [1.165, 1.54) is 0 Å². The lowest BCUT2D eigenvalue weighted by Gasteiger charge is -2.13. The number of phosphoric ester groups is 1. The van der Waals surface area contributed by atoms with E-state index in [2.05, 4.69) is 4.52 Å². The molecule has 15 heavy (non-hydrogen) atoms. The van der Waals surface area contributed by atoms with Crippen LogP contribution in [0.15, 0.2) is 17.0 Å². The third-order valence-corrected chi connectivity index (χ3v) is 3.44. The zero-order valence-corrected chi connectivity index (χ0v) is 10.4. The fraction of sp³-hybridized carbons (Fsp3) is 0.333. The Balaban J connectivity index is 3.13. The van der Waals surface area contributed by atoms with Gasteiger partial charge in [-0.05, 0) is 43.4 Å². The molecule has 1 rings (SSSR count). The Morgan fingerprint density at radius 1 is 1.27 bits per heavy atom. The summed E-state index contributed by atoms with van der Waals surface area (Å²) in [4.78, 5) is 18.5. The van der Waals surface area contributed by atoms with Crippen molar-refractivity contribution in [3.05, 3.63) is 23.3 Å². The highest BCUT2D eigenvalue weighted by Gasteiger charge is 2.18. The van der Waals surface area contributed by atoms with Gasteiger partial charge in [-0.25, -0.2) is 4.57 Å². The molecule has 0 saturated carbocycles. The fourth-order valence-electron chi connectivity index (χ4n) is 1.22. The van der Waals surface area contributed by atoms with Crippen molar-refractivity contribution in [1.29, 1.82) is 0 Å². The van der Waals surface area contributed by atoms with Gasteiger partial charge in [-0.3, -0.25) is 9.79 Å². The number of benzene rings is 1. The normalized spacial score (nSPS) is 11.5. The predicted octanol–water partition coefficient (Wildman–Crippen LogP) is 2.50. The van der Waals surface area contributed by atoms with Crippen LogP contribution in [0, 0.1) is 13.8 Å². The Labute approximate surface area is 92.9 Å². The average Bonchev–Trinajstić information content (AvgIpc) is 2.11. The molecule has 0 bridgehead atoms. The molecule has 1 aromatic carbocycles. The van der Waals surface area contributed by atoms with E-state index in [0.717, 1.165) is 16.0 Å². The van der Waals surface area contributed by atoms with Crippen LogP contribution < -0.4 is 4.52 Å². The highest BCUT2D eigenvalue weighted by molar-refractivity contribution is 7.98. The van der Waals surface area contributed by atoms with Gasteiger partial charge in [0, 0.05) is 4.90 Å². The first-order valence-corrected chi connectivity index (χ1v) is 7.00. The van der Waals surface area contributed by atoms with Crippen molar-refractivity contribution in [2.45, 2.75) is 18.7 Å². The minimum Gasteiger partial charge on any atom is -0.404 e. The minimum atomic E-state index is -4.46. The molecule has 1 aromatic rings. The molecular weight excluding hydrogens is 235 g/mol.